The van der Waals surface area contributed by atoms with Crippen LogP contribution in [-0.2, 0) is 32.7 Å². The smallest absolute Gasteiger partial charge is 0.248 e. The highest BCUT2D eigenvalue weighted by Gasteiger charge is 2.50. The average molecular weight is 660 g/mol. The Balaban J connectivity index is 1.70. The molecule has 3 rings (SSSR count). The number of hydrogen-bond acceptors (Lipinski definition) is 6. The number of amides is 2. The summed E-state index contributed by atoms with van der Waals surface area (Å²) in [5.41, 5.74) is 2.57. The first-order valence-corrected chi connectivity index (χ1v) is 17.2. The predicted octanol–water partition coefficient (Wildman–Crippen LogP) is 5.88. The van der Waals surface area contributed by atoms with Gasteiger partial charge in [0, 0.05) is 49.3 Å². The van der Waals surface area contributed by atoms with Gasteiger partial charge in [-0.25, -0.2) is 13.1 Å². The highest BCUT2D eigenvalue weighted by molar-refractivity contribution is 7.89. The van der Waals surface area contributed by atoms with Crippen molar-refractivity contribution in [2.45, 2.75) is 72.0 Å². The second-order valence-electron chi connectivity index (χ2n) is 11.6. The number of benzene rings is 2. The number of ether oxygens (including phenoxy) is 2. The zero-order valence-electron chi connectivity index (χ0n) is 27.2. The van der Waals surface area contributed by atoms with E-state index in [1.54, 1.807) is 54.2 Å². The van der Waals surface area contributed by atoms with E-state index in [1.807, 2.05) is 32.1 Å². The highest BCUT2D eigenvalue weighted by Crippen LogP contribution is 2.34. The van der Waals surface area contributed by atoms with Gasteiger partial charge in [-0.3, -0.25) is 9.59 Å². The van der Waals surface area contributed by atoms with Crippen LogP contribution < -0.4 is 14.2 Å². The number of halogens is 1. The van der Waals surface area contributed by atoms with Crippen LogP contribution in [0.3, 0.4) is 0 Å². The van der Waals surface area contributed by atoms with Gasteiger partial charge in [0.05, 0.1) is 20.0 Å². The molecule has 1 aliphatic heterocycles. The number of allylic oxidation sites excluding steroid dienone is 3. The van der Waals surface area contributed by atoms with Crippen molar-refractivity contribution in [2.24, 2.45) is 0 Å². The van der Waals surface area contributed by atoms with Crippen LogP contribution in [0.4, 0.5) is 0 Å². The fourth-order valence-electron chi connectivity index (χ4n) is 5.44. The number of rotatable bonds is 16. The Hall–Kier alpha value is -3.34. The summed E-state index contributed by atoms with van der Waals surface area (Å²) in [6, 6.07) is 12.4. The SMILES string of the molecule is CCC=C(C)C=C(C)CC(=O)N1CCC1(C)C(=O)N(CCCS(=O)(=O)NCc1ccc(OC)cc1OC)Cc1ccc(Cl)cc1. The van der Waals surface area contributed by atoms with Gasteiger partial charge < -0.3 is 19.3 Å². The molecule has 1 saturated heterocycles. The molecule has 1 atom stereocenters. The van der Waals surface area contributed by atoms with Crippen molar-refractivity contribution < 1.29 is 27.5 Å². The van der Waals surface area contributed by atoms with Gasteiger partial charge in [0.2, 0.25) is 21.8 Å². The number of sulfonamides is 1. The minimum atomic E-state index is -3.67. The zero-order chi connectivity index (χ0) is 33.2. The van der Waals surface area contributed by atoms with Gasteiger partial charge in [0.25, 0.3) is 0 Å². The Morgan fingerprint density at radius 1 is 1.11 bits per heavy atom. The third kappa shape index (κ3) is 10.1. The first kappa shape index (κ1) is 36.1. The number of likely N-dealkylation sites (tertiary alicyclic amines) is 1. The van der Waals surface area contributed by atoms with Crippen LogP contribution in [0.5, 0.6) is 11.5 Å². The monoisotopic (exact) mass is 659 g/mol. The van der Waals surface area contributed by atoms with Crippen LogP contribution in [-0.4, -0.2) is 68.6 Å². The summed E-state index contributed by atoms with van der Waals surface area (Å²) in [5.74, 6) is 0.651. The van der Waals surface area contributed by atoms with Crippen LogP contribution in [0.25, 0.3) is 0 Å². The molecule has 1 fully saturated rings. The number of carbonyl (C=O) groups is 2. The van der Waals surface area contributed by atoms with Crippen molar-refractivity contribution in [3.8, 4) is 11.5 Å². The molecule has 1 heterocycles. The molecule has 1 unspecified atom stereocenters. The van der Waals surface area contributed by atoms with E-state index >= 15 is 0 Å². The average Bonchev–Trinajstić information content (AvgIpc) is 2.99. The lowest BCUT2D eigenvalue weighted by atomic mass is 9.84. The second-order valence-corrected chi connectivity index (χ2v) is 14.0. The van der Waals surface area contributed by atoms with E-state index in [4.69, 9.17) is 21.1 Å². The summed E-state index contributed by atoms with van der Waals surface area (Å²) in [5, 5.41) is 0.581. The Morgan fingerprint density at radius 2 is 1.82 bits per heavy atom. The van der Waals surface area contributed by atoms with Crippen molar-refractivity contribution in [3.63, 3.8) is 0 Å². The van der Waals surface area contributed by atoms with Gasteiger partial charge in [0.1, 0.15) is 17.0 Å². The highest BCUT2D eigenvalue weighted by atomic mass is 35.5. The van der Waals surface area contributed by atoms with Gasteiger partial charge in [-0.05, 0) is 63.8 Å². The molecular formula is C34H46ClN3O6S. The summed E-state index contributed by atoms with van der Waals surface area (Å²) >= 11 is 6.08. The van der Waals surface area contributed by atoms with Crippen LogP contribution in [0.15, 0.2) is 65.8 Å². The van der Waals surface area contributed by atoms with Gasteiger partial charge in [-0.1, -0.05) is 60.0 Å². The molecule has 9 nitrogen and oxygen atoms in total. The minimum Gasteiger partial charge on any atom is -0.497 e. The minimum absolute atomic E-state index is 0.0552. The topological polar surface area (TPSA) is 105 Å². The fourth-order valence-corrected chi connectivity index (χ4v) is 6.60. The molecule has 246 valence electrons. The van der Waals surface area contributed by atoms with Gasteiger partial charge in [0.15, 0.2) is 0 Å². The van der Waals surface area contributed by atoms with E-state index < -0.39 is 15.6 Å². The lowest BCUT2D eigenvalue weighted by Gasteiger charge is -2.51. The second kappa shape index (κ2) is 16.3. The summed E-state index contributed by atoms with van der Waals surface area (Å²) in [6.45, 7) is 8.82. The molecule has 0 radical (unpaired) electrons. The summed E-state index contributed by atoms with van der Waals surface area (Å²) in [4.78, 5) is 30.7. The largest absolute Gasteiger partial charge is 0.497 e. The Labute approximate surface area is 273 Å². The molecule has 2 aromatic rings. The molecular weight excluding hydrogens is 614 g/mol. The van der Waals surface area contributed by atoms with E-state index in [-0.39, 0.29) is 50.0 Å². The van der Waals surface area contributed by atoms with Crippen molar-refractivity contribution in [3.05, 3.63) is 81.9 Å². The lowest BCUT2D eigenvalue weighted by molar-refractivity contribution is -0.164. The number of hydrogen-bond donors (Lipinski definition) is 1. The fraction of sp³-hybridized carbons (Fsp3) is 0.471. The summed E-state index contributed by atoms with van der Waals surface area (Å²) in [7, 11) is -0.606. The number of nitrogens with one attached hydrogen (secondary N) is 1. The standard InChI is InChI=1S/C34H46ClN3O6S/c1-7-9-25(2)20-26(3)21-32(39)38-18-16-34(38,4)33(40)37(24-27-10-13-29(35)14-11-27)17-8-19-45(41,42)36-23-28-12-15-30(43-5)22-31(28)44-6/h9-15,20,22,36H,7-8,16-19,21,23-24H2,1-6H3. The van der Waals surface area contributed by atoms with E-state index in [0.717, 1.165) is 23.1 Å². The van der Waals surface area contributed by atoms with Gasteiger partial charge in [-0.15, -0.1) is 0 Å². The molecule has 0 aliphatic carbocycles. The molecule has 2 amide bonds. The molecule has 0 saturated carbocycles. The maximum atomic E-state index is 14.1. The molecule has 0 spiro atoms. The first-order chi connectivity index (χ1) is 21.3. The Morgan fingerprint density at radius 3 is 2.42 bits per heavy atom. The maximum Gasteiger partial charge on any atom is 0.248 e. The number of methoxy groups -OCH3 is 2. The van der Waals surface area contributed by atoms with Crippen molar-refractivity contribution in [1.29, 1.82) is 0 Å². The first-order valence-electron chi connectivity index (χ1n) is 15.2. The molecule has 1 aliphatic rings. The quantitative estimate of drug-likeness (QED) is 0.226. The predicted molar refractivity (Wildman–Crippen MR) is 179 cm³/mol. The Kier molecular flexibility index (Phi) is 13.1. The summed E-state index contributed by atoms with van der Waals surface area (Å²) in [6.07, 6.45) is 6.01. The van der Waals surface area contributed by atoms with Crippen LogP contribution in [0.2, 0.25) is 5.02 Å². The van der Waals surface area contributed by atoms with Crippen molar-refractivity contribution in [1.82, 2.24) is 14.5 Å². The lowest BCUT2D eigenvalue weighted by Crippen LogP contribution is -2.67. The van der Waals surface area contributed by atoms with Crippen LogP contribution in [0, 0.1) is 0 Å². The van der Waals surface area contributed by atoms with Gasteiger partial charge in [-0.2, -0.15) is 0 Å². The molecule has 11 heteroatoms. The van der Waals surface area contributed by atoms with Crippen molar-refractivity contribution in [2.75, 3.05) is 33.1 Å². The normalized spacial score (nSPS) is 17.1. The third-order valence-corrected chi connectivity index (χ3v) is 9.66. The maximum absolute atomic E-state index is 14.1. The zero-order valence-corrected chi connectivity index (χ0v) is 28.8. The number of carbonyl (C=O) groups excluding carboxylic acids is 2. The summed E-state index contributed by atoms with van der Waals surface area (Å²) < 4.78 is 39.1. The Bertz CT molecular complexity index is 1510. The molecule has 2 aromatic carbocycles. The molecule has 0 bridgehead atoms. The van der Waals surface area contributed by atoms with Crippen molar-refractivity contribution >= 4 is 33.4 Å². The number of nitrogens with zero attached hydrogens (tertiary/aromatic N) is 2. The van der Waals surface area contributed by atoms with E-state index in [9.17, 15) is 18.0 Å². The molecule has 0 aromatic heterocycles. The van der Waals surface area contributed by atoms with Crippen LogP contribution >= 0.6 is 11.6 Å². The van der Waals surface area contributed by atoms with E-state index in [2.05, 4.69) is 17.7 Å². The molecule has 45 heavy (non-hydrogen) atoms. The van der Waals surface area contributed by atoms with Crippen LogP contribution in [0.1, 0.15) is 64.5 Å². The van der Waals surface area contributed by atoms with E-state index in [1.165, 1.54) is 7.11 Å². The van der Waals surface area contributed by atoms with E-state index in [0.29, 0.717) is 35.1 Å². The third-order valence-electron chi connectivity index (χ3n) is 8.00. The molecule has 1 N–H and O–H groups in total. The van der Waals surface area contributed by atoms with Gasteiger partial charge >= 0.3 is 0 Å².